The summed E-state index contributed by atoms with van der Waals surface area (Å²) in [5.74, 6) is -0.164. The van der Waals surface area contributed by atoms with Crippen molar-refractivity contribution in [3.8, 4) is 5.75 Å². The third-order valence-corrected chi connectivity index (χ3v) is 6.06. The van der Waals surface area contributed by atoms with E-state index in [1.54, 1.807) is 25.1 Å². The quantitative estimate of drug-likeness (QED) is 0.341. The first-order chi connectivity index (χ1) is 15.4. The van der Waals surface area contributed by atoms with Gasteiger partial charge in [0.05, 0.1) is 29.0 Å². The Morgan fingerprint density at radius 2 is 1.91 bits per heavy atom. The van der Waals surface area contributed by atoms with E-state index < -0.39 is 16.9 Å². The van der Waals surface area contributed by atoms with Crippen molar-refractivity contribution in [3.05, 3.63) is 84.7 Å². The molecule has 1 atom stereocenters. The number of amides is 1. The highest BCUT2D eigenvalue weighted by atomic mass is 32.1. The summed E-state index contributed by atoms with van der Waals surface area (Å²) in [7, 11) is 1.49. The van der Waals surface area contributed by atoms with Crippen molar-refractivity contribution in [1.29, 1.82) is 0 Å². The number of non-ortho nitro benzene ring substituents is 1. The van der Waals surface area contributed by atoms with E-state index in [1.807, 2.05) is 0 Å². The summed E-state index contributed by atoms with van der Waals surface area (Å²) in [4.78, 5) is 38.8. The number of nitro groups is 1. The van der Waals surface area contributed by atoms with Crippen LogP contribution >= 0.6 is 11.3 Å². The van der Waals surface area contributed by atoms with E-state index in [0.29, 0.717) is 26.8 Å². The van der Waals surface area contributed by atoms with Gasteiger partial charge in [0, 0.05) is 18.2 Å². The number of carbonyl (C=O) groups is 1. The Morgan fingerprint density at radius 3 is 2.53 bits per heavy atom. The SMILES string of the molecule is COc1ccc2c(=O)c3c(oc2c1)C(=O)N(c1nnc(C)s1)[C@@H]3c1ccc([N+](=O)[O-])cc1. The molecule has 1 aliphatic heterocycles. The predicted molar refractivity (Wildman–Crippen MR) is 115 cm³/mol. The molecule has 0 radical (unpaired) electrons. The van der Waals surface area contributed by atoms with Gasteiger partial charge in [-0.3, -0.25) is 24.6 Å². The van der Waals surface area contributed by atoms with E-state index in [0.717, 1.165) is 0 Å². The highest BCUT2D eigenvalue weighted by Crippen LogP contribution is 2.42. The maximum Gasteiger partial charge on any atom is 0.297 e. The normalized spacial score (nSPS) is 15.2. The zero-order chi connectivity index (χ0) is 22.6. The van der Waals surface area contributed by atoms with Gasteiger partial charge in [-0.25, -0.2) is 0 Å². The number of hydrogen-bond donors (Lipinski definition) is 0. The maximum atomic E-state index is 13.5. The fraction of sp³-hybridized carbons (Fsp3) is 0.143. The van der Waals surface area contributed by atoms with Crippen LogP contribution in [-0.4, -0.2) is 28.1 Å². The summed E-state index contributed by atoms with van der Waals surface area (Å²) < 4.78 is 11.1. The van der Waals surface area contributed by atoms with Crippen molar-refractivity contribution in [2.24, 2.45) is 0 Å². The lowest BCUT2D eigenvalue weighted by molar-refractivity contribution is -0.384. The molecule has 5 rings (SSSR count). The van der Waals surface area contributed by atoms with Crippen LogP contribution in [0.15, 0.2) is 51.7 Å². The number of rotatable bonds is 4. The van der Waals surface area contributed by atoms with Crippen LogP contribution in [0.4, 0.5) is 10.8 Å². The Morgan fingerprint density at radius 1 is 1.16 bits per heavy atom. The molecule has 0 saturated heterocycles. The first-order valence-electron chi connectivity index (χ1n) is 9.42. The summed E-state index contributed by atoms with van der Waals surface area (Å²) in [5, 5.41) is 20.4. The number of carbonyl (C=O) groups excluding carboxylic acids is 1. The molecule has 3 heterocycles. The fourth-order valence-corrected chi connectivity index (χ4v) is 4.47. The standard InChI is InChI=1S/C21H14N4O6S/c1-10-22-23-21(32-10)24-17(11-3-5-12(6-4-11)25(28)29)16-18(26)14-8-7-13(30-2)9-15(14)31-19(16)20(24)27/h3-9,17H,1-2H3/t17-/m1/s1. The lowest BCUT2D eigenvalue weighted by Gasteiger charge is -2.21. The molecule has 4 aromatic rings. The van der Waals surface area contributed by atoms with E-state index in [4.69, 9.17) is 9.15 Å². The summed E-state index contributed by atoms with van der Waals surface area (Å²) in [6.07, 6.45) is 0. The smallest absolute Gasteiger partial charge is 0.297 e. The zero-order valence-electron chi connectivity index (χ0n) is 16.8. The van der Waals surface area contributed by atoms with E-state index >= 15 is 0 Å². The minimum Gasteiger partial charge on any atom is -0.497 e. The van der Waals surface area contributed by atoms with E-state index in [1.165, 1.54) is 47.6 Å². The molecule has 0 saturated carbocycles. The Bertz CT molecular complexity index is 1460. The second-order valence-electron chi connectivity index (χ2n) is 7.07. The van der Waals surface area contributed by atoms with Crippen LogP contribution in [0, 0.1) is 17.0 Å². The molecule has 10 nitrogen and oxygen atoms in total. The number of anilines is 1. The largest absolute Gasteiger partial charge is 0.497 e. The third-order valence-electron chi connectivity index (χ3n) is 5.22. The Labute approximate surface area is 183 Å². The van der Waals surface area contributed by atoms with E-state index in [2.05, 4.69) is 10.2 Å². The van der Waals surface area contributed by atoms with Gasteiger partial charge >= 0.3 is 0 Å². The molecule has 1 amide bonds. The van der Waals surface area contributed by atoms with Crippen molar-refractivity contribution in [1.82, 2.24) is 10.2 Å². The second-order valence-corrected chi connectivity index (χ2v) is 8.23. The molecule has 0 spiro atoms. The van der Waals surface area contributed by atoms with Crippen LogP contribution in [0.1, 0.15) is 32.7 Å². The van der Waals surface area contributed by atoms with Gasteiger partial charge in [0.1, 0.15) is 16.3 Å². The van der Waals surface area contributed by atoms with Crippen LogP contribution in [-0.2, 0) is 0 Å². The molecule has 32 heavy (non-hydrogen) atoms. The molecular weight excluding hydrogens is 436 g/mol. The Hall–Kier alpha value is -4.12. The van der Waals surface area contributed by atoms with Gasteiger partial charge in [-0.05, 0) is 36.8 Å². The molecule has 0 fully saturated rings. The lowest BCUT2D eigenvalue weighted by atomic mass is 9.98. The van der Waals surface area contributed by atoms with Gasteiger partial charge in [0.25, 0.3) is 11.6 Å². The first-order valence-corrected chi connectivity index (χ1v) is 10.2. The molecular formula is C21H14N4O6S. The van der Waals surface area contributed by atoms with Crippen molar-refractivity contribution >= 4 is 39.0 Å². The van der Waals surface area contributed by atoms with Crippen LogP contribution in [0.2, 0.25) is 0 Å². The van der Waals surface area contributed by atoms with Crippen molar-refractivity contribution in [2.45, 2.75) is 13.0 Å². The predicted octanol–water partition coefficient (Wildman–Crippen LogP) is 3.62. The van der Waals surface area contributed by atoms with Gasteiger partial charge in [-0.15, -0.1) is 10.2 Å². The molecule has 0 N–H and O–H groups in total. The van der Waals surface area contributed by atoms with Gasteiger partial charge in [-0.1, -0.05) is 11.3 Å². The molecule has 2 aromatic heterocycles. The van der Waals surface area contributed by atoms with Crippen LogP contribution in [0.3, 0.4) is 0 Å². The summed E-state index contributed by atoms with van der Waals surface area (Å²) in [5.41, 5.74) is 0.405. The summed E-state index contributed by atoms with van der Waals surface area (Å²) >= 11 is 1.19. The van der Waals surface area contributed by atoms with Crippen molar-refractivity contribution < 1.29 is 18.9 Å². The van der Waals surface area contributed by atoms with Crippen LogP contribution in [0.25, 0.3) is 11.0 Å². The van der Waals surface area contributed by atoms with Gasteiger partial charge in [0.2, 0.25) is 10.9 Å². The first kappa shape index (κ1) is 19.8. The maximum absolute atomic E-state index is 13.5. The number of nitro benzene ring substituents is 1. The highest BCUT2D eigenvalue weighted by molar-refractivity contribution is 7.15. The van der Waals surface area contributed by atoms with Crippen LogP contribution in [0.5, 0.6) is 5.75 Å². The number of aryl methyl sites for hydroxylation is 1. The highest BCUT2D eigenvalue weighted by Gasteiger charge is 2.45. The average molecular weight is 450 g/mol. The Balaban J connectivity index is 1.77. The molecule has 160 valence electrons. The molecule has 1 aliphatic rings. The van der Waals surface area contributed by atoms with Gasteiger partial charge in [-0.2, -0.15) is 0 Å². The lowest BCUT2D eigenvalue weighted by Crippen LogP contribution is -2.29. The fourth-order valence-electron chi connectivity index (χ4n) is 3.75. The van der Waals surface area contributed by atoms with Crippen molar-refractivity contribution in [3.63, 3.8) is 0 Å². The summed E-state index contributed by atoms with van der Waals surface area (Å²) in [6.45, 7) is 1.75. The molecule has 0 unspecified atom stereocenters. The minimum absolute atomic E-state index is 0.103. The van der Waals surface area contributed by atoms with E-state index in [9.17, 15) is 19.7 Å². The van der Waals surface area contributed by atoms with E-state index in [-0.39, 0.29) is 28.0 Å². The number of hydrogen-bond acceptors (Lipinski definition) is 9. The molecule has 2 aromatic carbocycles. The molecule has 0 aliphatic carbocycles. The number of fused-ring (bicyclic) bond motifs is 2. The number of nitrogens with zero attached hydrogens (tertiary/aromatic N) is 4. The average Bonchev–Trinajstić information content (AvgIpc) is 3.34. The number of ether oxygens (including phenoxy) is 1. The number of benzene rings is 2. The van der Waals surface area contributed by atoms with Crippen LogP contribution < -0.4 is 15.1 Å². The third kappa shape index (κ3) is 2.94. The topological polar surface area (TPSA) is 129 Å². The van der Waals surface area contributed by atoms with Gasteiger partial charge < -0.3 is 9.15 Å². The number of aromatic nitrogens is 2. The van der Waals surface area contributed by atoms with Crippen molar-refractivity contribution in [2.75, 3.05) is 12.0 Å². The number of methoxy groups -OCH3 is 1. The Kier molecular flexibility index (Phi) is 4.48. The van der Waals surface area contributed by atoms with Gasteiger partial charge in [0.15, 0.2) is 5.43 Å². The zero-order valence-corrected chi connectivity index (χ0v) is 17.6. The minimum atomic E-state index is -0.867. The molecule has 11 heteroatoms. The second kappa shape index (κ2) is 7.24. The molecule has 0 bridgehead atoms. The summed E-state index contributed by atoms with van der Waals surface area (Å²) in [6, 6.07) is 9.58. The monoisotopic (exact) mass is 450 g/mol.